The number of carbonyl (C=O) groups excluding carboxylic acids is 1. The maximum Gasteiger partial charge on any atom is 0.326 e. The summed E-state index contributed by atoms with van der Waals surface area (Å²) >= 11 is 1.85. The minimum absolute atomic E-state index is 0.0186. The fourth-order valence-corrected chi connectivity index (χ4v) is 3.35. The Morgan fingerprint density at radius 3 is 2.94 bits per heavy atom. The van der Waals surface area contributed by atoms with Gasteiger partial charge in [0.05, 0.1) is 0 Å². The van der Waals surface area contributed by atoms with Crippen molar-refractivity contribution in [1.82, 2.24) is 10.2 Å². The third-order valence-electron chi connectivity index (χ3n) is 3.28. The van der Waals surface area contributed by atoms with Crippen LogP contribution in [0.5, 0.6) is 0 Å². The molecule has 2 saturated heterocycles. The summed E-state index contributed by atoms with van der Waals surface area (Å²) in [4.78, 5) is 24.6. The topological polar surface area (TPSA) is 69.6 Å². The quantitative estimate of drug-likeness (QED) is 0.754. The second-order valence-corrected chi connectivity index (χ2v) is 5.66. The second-order valence-electron chi connectivity index (χ2n) is 4.51. The number of hydrogen-bond donors (Lipinski definition) is 2. The molecule has 0 radical (unpaired) electrons. The van der Waals surface area contributed by atoms with Crippen LogP contribution in [0.3, 0.4) is 0 Å². The zero-order valence-electron chi connectivity index (χ0n) is 9.72. The van der Waals surface area contributed by atoms with Gasteiger partial charge in [0.15, 0.2) is 0 Å². The molecule has 6 heteroatoms. The van der Waals surface area contributed by atoms with Crippen LogP contribution in [-0.2, 0) is 9.59 Å². The van der Waals surface area contributed by atoms with Gasteiger partial charge in [0, 0.05) is 37.1 Å². The number of hydrogen-bond acceptors (Lipinski definition) is 4. The van der Waals surface area contributed by atoms with Crippen LogP contribution in [0, 0.1) is 0 Å². The summed E-state index contributed by atoms with van der Waals surface area (Å²) in [5, 5.41) is 12.3. The first-order valence-corrected chi connectivity index (χ1v) is 7.17. The average molecular weight is 258 g/mol. The van der Waals surface area contributed by atoms with E-state index in [0.29, 0.717) is 19.4 Å². The van der Waals surface area contributed by atoms with Crippen molar-refractivity contribution < 1.29 is 14.7 Å². The fraction of sp³-hybridized carbons (Fsp3) is 0.818. The molecule has 0 aromatic heterocycles. The lowest BCUT2D eigenvalue weighted by atomic mass is 10.2. The first-order valence-electron chi connectivity index (χ1n) is 6.02. The molecule has 0 aliphatic carbocycles. The van der Waals surface area contributed by atoms with Crippen molar-refractivity contribution in [3.05, 3.63) is 0 Å². The highest BCUT2D eigenvalue weighted by molar-refractivity contribution is 7.99. The molecule has 0 aromatic rings. The highest BCUT2D eigenvalue weighted by Crippen LogP contribution is 2.20. The Morgan fingerprint density at radius 2 is 2.29 bits per heavy atom. The molecule has 0 saturated carbocycles. The molecule has 2 N–H and O–H groups in total. The molecule has 2 atom stereocenters. The summed E-state index contributed by atoms with van der Waals surface area (Å²) < 4.78 is 0. The molecule has 2 aliphatic heterocycles. The number of nitrogens with zero attached hydrogens (tertiary/aromatic N) is 1. The SMILES string of the molecule is O=C(O)C1CCCN1C(=O)CC1CSCCN1. The number of amides is 1. The second kappa shape index (κ2) is 5.73. The summed E-state index contributed by atoms with van der Waals surface area (Å²) in [5.41, 5.74) is 0. The predicted octanol–water partition coefficient (Wildman–Crippen LogP) is 0.157. The molecular formula is C11H18N2O3S. The van der Waals surface area contributed by atoms with E-state index >= 15 is 0 Å². The summed E-state index contributed by atoms with van der Waals surface area (Å²) in [6, 6.07) is -0.393. The maximum absolute atomic E-state index is 12.0. The smallest absolute Gasteiger partial charge is 0.326 e. The van der Waals surface area contributed by atoms with Gasteiger partial charge in [0.1, 0.15) is 6.04 Å². The number of aliphatic carboxylic acids is 1. The highest BCUT2D eigenvalue weighted by Gasteiger charge is 2.34. The fourth-order valence-electron chi connectivity index (χ4n) is 2.40. The Morgan fingerprint density at radius 1 is 1.47 bits per heavy atom. The van der Waals surface area contributed by atoms with Gasteiger partial charge < -0.3 is 15.3 Å². The molecule has 1 amide bonds. The van der Waals surface area contributed by atoms with Crippen molar-refractivity contribution in [1.29, 1.82) is 0 Å². The zero-order chi connectivity index (χ0) is 12.3. The van der Waals surface area contributed by atoms with Gasteiger partial charge >= 0.3 is 5.97 Å². The largest absolute Gasteiger partial charge is 0.480 e. The van der Waals surface area contributed by atoms with E-state index in [9.17, 15) is 9.59 Å². The van der Waals surface area contributed by atoms with E-state index in [1.165, 1.54) is 4.90 Å². The highest BCUT2D eigenvalue weighted by atomic mass is 32.2. The third kappa shape index (κ3) is 3.13. The number of rotatable bonds is 3. The first-order chi connectivity index (χ1) is 8.18. The van der Waals surface area contributed by atoms with Crippen LogP contribution < -0.4 is 5.32 Å². The lowest BCUT2D eigenvalue weighted by Crippen LogP contribution is -2.45. The van der Waals surface area contributed by atoms with Crippen molar-refractivity contribution in [3.8, 4) is 0 Å². The molecule has 2 unspecified atom stereocenters. The first kappa shape index (κ1) is 12.7. The van der Waals surface area contributed by atoms with Crippen molar-refractivity contribution in [2.75, 3.05) is 24.6 Å². The Bertz CT molecular complexity index is 305. The lowest BCUT2D eigenvalue weighted by Gasteiger charge is -2.27. The number of likely N-dealkylation sites (tertiary alicyclic amines) is 1. The van der Waals surface area contributed by atoms with Gasteiger partial charge in [-0.15, -0.1) is 0 Å². The Kier molecular flexibility index (Phi) is 4.28. The van der Waals surface area contributed by atoms with Crippen LogP contribution >= 0.6 is 11.8 Å². The number of carboxylic acid groups (broad SMARTS) is 1. The molecule has 5 nitrogen and oxygen atoms in total. The van der Waals surface area contributed by atoms with E-state index < -0.39 is 12.0 Å². The van der Waals surface area contributed by atoms with E-state index in [1.807, 2.05) is 11.8 Å². The number of carboxylic acids is 1. The maximum atomic E-state index is 12.0. The molecular weight excluding hydrogens is 240 g/mol. The van der Waals surface area contributed by atoms with E-state index in [0.717, 1.165) is 24.5 Å². The molecule has 0 bridgehead atoms. The molecule has 2 rings (SSSR count). The number of carbonyl (C=O) groups is 2. The third-order valence-corrected chi connectivity index (χ3v) is 4.41. The summed E-state index contributed by atoms with van der Waals surface area (Å²) in [7, 11) is 0. The zero-order valence-corrected chi connectivity index (χ0v) is 10.5. The van der Waals surface area contributed by atoms with Gasteiger partial charge in [0.25, 0.3) is 0 Å². The Balaban J connectivity index is 1.88. The van der Waals surface area contributed by atoms with Crippen LogP contribution in [0.4, 0.5) is 0 Å². The summed E-state index contributed by atoms with van der Waals surface area (Å²) in [6.45, 7) is 1.53. The summed E-state index contributed by atoms with van der Waals surface area (Å²) in [6.07, 6.45) is 1.82. The van der Waals surface area contributed by atoms with E-state index in [4.69, 9.17) is 5.11 Å². The standard InChI is InChI=1S/C11H18N2O3S/c14-10(6-8-7-17-5-3-12-8)13-4-1-2-9(13)11(15)16/h8-9,12H,1-7H2,(H,15,16). The van der Waals surface area contributed by atoms with Gasteiger partial charge in [-0.25, -0.2) is 4.79 Å². The van der Waals surface area contributed by atoms with E-state index in [-0.39, 0.29) is 11.9 Å². The number of thioether (sulfide) groups is 1. The van der Waals surface area contributed by atoms with Crippen LogP contribution in [0.15, 0.2) is 0 Å². The van der Waals surface area contributed by atoms with Crippen LogP contribution in [0.1, 0.15) is 19.3 Å². The molecule has 2 heterocycles. The molecule has 96 valence electrons. The predicted molar refractivity (Wildman–Crippen MR) is 66.1 cm³/mol. The van der Waals surface area contributed by atoms with Crippen LogP contribution in [0.25, 0.3) is 0 Å². The van der Waals surface area contributed by atoms with Crippen molar-refractivity contribution in [2.45, 2.75) is 31.3 Å². The molecule has 2 fully saturated rings. The van der Waals surface area contributed by atoms with Gasteiger partial charge in [-0.2, -0.15) is 11.8 Å². The van der Waals surface area contributed by atoms with E-state index in [1.54, 1.807) is 0 Å². The van der Waals surface area contributed by atoms with Gasteiger partial charge in [-0.05, 0) is 12.8 Å². The molecule has 2 aliphatic rings. The van der Waals surface area contributed by atoms with Gasteiger partial charge in [0.2, 0.25) is 5.91 Å². The lowest BCUT2D eigenvalue weighted by molar-refractivity contribution is -0.148. The van der Waals surface area contributed by atoms with Crippen molar-refractivity contribution in [3.63, 3.8) is 0 Å². The molecule has 0 aromatic carbocycles. The minimum Gasteiger partial charge on any atom is -0.480 e. The minimum atomic E-state index is -0.873. The van der Waals surface area contributed by atoms with Gasteiger partial charge in [-0.1, -0.05) is 0 Å². The molecule has 0 spiro atoms. The average Bonchev–Trinajstić information content (AvgIpc) is 2.79. The normalized spacial score (nSPS) is 29.3. The van der Waals surface area contributed by atoms with Crippen LogP contribution in [-0.4, -0.2) is 58.6 Å². The van der Waals surface area contributed by atoms with Crippen molar-refractivity contribution in [2.24, 2.45) is 0 Å². The van der Waals surface area contributed by atoms with Crippen molar-refractivity contribution >= 4 is 23.6 Å². The number of nitrogens with one attached hydrogen (secondary N) is 1. The Labute approximate surface area is 105 Å². The molecule has 17 heavy (non-hydrogen) atoms. The summed E-state index contributed by atoms with van der Waals surface area (Å²) in [5.74, 6) is 1.14. The monoisotopic (exact) mass is 258 g/mol. The van der Waals surface area contributed by atoms with Crippen LogP contribution in [0.2, 0.25) is 0 Å². The van der Waals surface area contributed by atoms with Gasteiger partial charge in [-0.3, -0.25) is 4.79 Å². The van der Waals surface area contributed by atoms with E-state index in [2.05, 4.69) is 5.32 Å². The Hall–Kier alpha value is -0.750.